The molecule has 1 amide bonds. The molecule has 5 heteroatoms. The molecule has 100 valence electrons. The third kappa shape index (κ3) is 3.05. The van der Waals surface area contributed by atoms with E-state index in [2.05, 4.69) is 0 Å². The molecule has 0 saturated heterocycles. The largest absolute Gasteiger partial charge is 0.338 e. The third-order valence-electron chi connectivity index (χ3n) is 3.56. The number of nitrogens with zero attached hydrogens (tertiary/aromatic N) is 1. The van der Waals surface area contributed by atoms with Crippen LogP contribution in [0.3, 0.4) is 0 Å². The predicted octanol–water partition coefficient (Wildman–Crippen LogP) is 2.88. The first kappa shape index (κ1) is 13.8. The second-order valence-electron chi connectivity index (χ2n) is 4.76. The van der Waals surface area contributed by atoms with Crippen molar-refractivity contribution in [3.8, 4) is 0 Å². The second kappa shape index (κ2) is 6.04. The molecule has 2 unspecified atom stereocenters. The van der Waals surface area contributed by atoms with E-state index in [1.165, 1.54) is 11.3 Å². The maximum Gasteiger partial charge on any atom is 0.227 e. The van der Waals surface area contributed by atoms with Gasteiger partial charge in [0.25, 0.3) is 0 Å². The summed E-state index contributed by atoms with van der Waals surface area (Å²) in [5.41, 5.74) is 6.00. The number of amides is 1. The zero-order chi connectivity index (χ0) is 13.1. The minimum Gasteiger partial charge on any atom is -0.338 e. The summed E-state index contributed by atoms with van der Waals surface area (Å²) in [5.74, 6) is 0.215. The van der Waals surface area contributed by atoms with Crippen molar-refractivity contribution in [3.05, 3.63) is 21.3 Å². The van der Waals surface area contributed by atoms with Gasteiger partial charge in [-0.25, -0.2) is 0 Å². The lowest BCUT2D eigenvalue weighted by atomic mass is 10.0. The van der Waals surface area contributed by atoms with Gasteiger partial charge in [-0.15, -0.1) is 11.3 Å². The molecule has 1 aliphatic rings. The molecule has 0 radical (unpaired) electrons. The van der Waals surface area contributed by atoms with E-state index in [0.29, 0.717) is 6.54 Å². The van der Waals surface area contributed by atoms with Gasteiger partial charge in [0, 0.05) is 17.5 Å². The van der Waals surface area contributed by atoms with Crippen LogP contribution >= 0.6 is 22.9 Å². The van der Waals surface area contributed by atoms with Crippen LogP contribution in [0.2, 0.25) is 4.34 Å². The molecular formula is C13H19ClN2OS. The van der Waals surface area contributed by atoms with Crippen molar-refractivity contribution in [2.24, 2.45) is 11.7 Å². The molecule has 1 saturated carbocycles. The normalized spacial score (nSPS) is 23.3. The van der Waals surface area contributed by atoms with Crippen LogP contribution in [0.1, 0.15) is 31.1 Å². The van der Waals surface area contributed by atoms with Crippen LogP contribution < -0.4 is 5.73 Å². The van der Waals surface area contributed by atoms with Gasteiger partial charge in [0.05, 0.1) is 16.8 Å². The Morgan fingerprint density at radius 3 is 2.83 bits per heavy atom. The van der Waals surface area contributed by atoms with Crippen LogP contribution in [0.5, 0.6) is 0 Å². The predicted molar refractivity (Wildman–Crippen MR) is 75.7 cm³/mol. The standard InChI is InChI=1S/C13H19ClN2OS/c1-2-16(8-9-6-7-12(14)18-9)13(17)10-4-3-5-11(10)15/h6-7,10-11H,2-5,8,15H2,1H3. The van der Waals surface area contributed by atoms with Crippen LogP contribution in [0.4, 0.5) is 0 Å². The molecule has 3 nitrogen and oxygen atoms in total. The van der Waals surface area contributed by atoms with Gasteiger partial charge >= 0.3 is 0 Å². The zero-order valence-corrected chi connectivity index (χ0v) is 12.1. The van der Waals surface area contributed by atoms with Gasteiger partial charge in [0.1, 0.15) is 0 Å². The van der Waals surface area contributed by atoms with E-state index in [4.69, 9.17) is 17.3 Å². The molecule has 2 atom stereocenters. The molecule has 1 aromatic rings. The van der Waals surface area contributed by atoms with Gasteiger partial charge in [0.15, 0.2) is 0 Å². The highest BCUT2D eigenvalue weighted by Crippen LogP contribution is 2.28. The topological polar surface area (TPSA) is 46.3 Å². The number of hydrogen-bond acceptors (Lipinski definition) is 3. The molecule has 0 aliphatic heterocycles. The zero-order valence-electron chi connectivity index (χ0n) is 10.6. The van der Waals surface area contributed by atoms with E-state index >= 15 is 0 Å². The fourth-order valence-corrected chi connectivity index (χ4v) is 3.60. The maximum absolute atomic E-state index is 12.4. The quantitative estimate of drug-likeness (QED) is 0.925. The van der Waals surface area contributed by atoms with Crippen LogP contribution in [-0.4, -0.2) is 23.4 Å². The first-order chi connectivity index (χ1) is 8.61. The van der Waals surface area contributed by atoms with E-state index in [-0.39, 0.29) is 17.9 Å². The average Bonchev–Trinajstić information content (AvgIpc) is 2.94. The number of halogens is 1. The summed E-state index contributed by atoms with van der Waals surface area (Å²) in [5, 5.41) is 0. The Kier molecular flexibility index (Phi) is 4.65. The Balaban J connectivity index is 2.01. The van der Waals surface area contributed by atoms with Gasteiger partial charge in [0.2, 0.25) is 5.91 Å². The minimum atomic E-state index is 0.0142. The number of nitrogens with two attached hydrogens (primary N) is 1. The SMILES string of the molecule is CCN(Cc1ccc(Cl)s1)C(=O)C1CCCC1N. The third-order valence-corrected chi connectivity index (χ3v) is 4.77. The van der Waals surface area contributed by atoms with E-state index in [1.54, 1.807) is 0 Å². The van der Waals surface area contributed by atoms with Crippen LogP contribution in [0.15, 0.2) is 12.1 Å². The molecule has 0 spiro atoms. The summed E-state index contributed by atoms with van der Waals surface area (Å²) < 4.78 is 0.770. The van der Waals surface area contributed by atoms with Gasteiger partial charge in [-0.1, -0.05) is 18.0 Å². The molecule has 0 aromatic carbocycles. The van der Waals surface area contributed by atoms with E-state index in [9.17, 15) is 4.79 Å². The van der Waals surface area contributed by atoms with Crippen molar-refractivity contribution in [1.82, 2.24) is 4.90 Å². The average molecular weight is 287 g/mol. The van der Waals surface area contributed by atoms with Crippen LogP contribution in [0, 0.1) is 5.92 Å². The molecule has 1 aliphatic carbocycles. The van der Waals surface area contributed by atoms with E-state index < -0.39 is 0 Å². The van der Waals surface area contributed by atoms with Crippen molar-refractivity contribution in [2.75, 3.05) is 6.54 Å². The monoisotopic (exact) mass is 286 g/mol. The molecule has 0 bridgehead atoms. The van der Waals surface area contributed by atoms with Crippen molar-refractivity contribution in [3.63, 3.8) is 0 Å². The molecule has 2 N–H and O–H groups in total. The summed E-state index contributed by atoms with van der Waals surface area (Å²) >= 11 is 7.44. The Bertz CT molecular complexity index is 421. The summed E-state index contributed by atoms with van der Waals surface area (Å²) in [7, 11) is 0. The fourth-order valence-electron chi connectivity index (χ4n) is 2.50. The van der Waals surface area contributed by atoms with E-state index in [0.717, 1.165) is 35.0 Å². The lowest BCUT2D eigenvalue weighted by Crippen LogP contribution is -2.41. The number of thiophene rings is 1. The second-order valence-corrected chi connectivity index (χ2v) is 6.56. The highest BCUT2D eigenvalue weighted by atomic mass is 35.5. The van der Waals surface area contributed by atoms with Crippen molar-refractivity contribution in [1.29, 1.82) is 0 Å². The molecular weight excluding hydrogens is 268 g/mol. The molecule has 1 aromatic heterocycles. The lowest BCUT2D eigenvalue weighted by molar-refractivity contribution is -0.136. The Hall–Kier alpha value is -0.580. The van der Waals surface area contributed by atoms with Crippen molar-refractivity contribution >= 4 is 28.8 Å². The van der Waals surface area contributed by atoms with Gasteiger partial charge in [-0.2, -0.15) is 0 Å². The fraction of sp³-hybridized carbons (Fsp3) is 0.615. The van der Waals surface area contributed by atoms with Gasteiger partial charge in [-0.3, -0.25) is 4.79 Å². The summed E-state index contributed by atoms with van der Waals surface area (Å²) in [6.45, 7) is 3.38. The Morgan fingerprint density at radius 2 is 2.33 bits per heavy atom. The first-order valence-corrected chi connectivity index (χ1v) is 7.60. The number of rotatable bonds is 4. The first-order valence-electron chi connectivity index (χ1n) is 6.40. The lowest BCUT2D eigenvalue weighted by Gasteiger charge is -2.25. The summed E-state index contributed by atoms with van der Waals surface area (Å²) in [6, 6.07) is 3.90. The van der Waals surface area contributed by atoms with Crippen molar-refractivity contribution in [2.45, 2.75) is 38.8 Å². The highest BCUT2D eigenvalue weighted by molar-refractivity contribution is 7.16. The molecule has 2 rings (SSSR count). The number of carbonyl (C=O) groups is 1. The molecule has 18 heavy (non-hydrogen) atoms. The molecule has 1 fully saturated rings. The van der Waals surface area contributed by atoms with Crippen LogP contribution in [-0.2, 0) is 11.3 Å². The minimum absolute atomic E-state index is 0.0142. The van der Waals surface area contributed by atoms with Gasteiger partial charge in [-0.05, 0) is 31.9 Å². The smallest absolute Gasteiger partial charge is 0.227 e. The van der Waals surface area contributed by atoms with E-state index in [1.807, 2.05) is 24.0 Å². The number of hydrogen-bond donors (Lipinski definition) is 1. The summed E-state index contributed by atoms with van der Waals surface area (Å²) in [6.07, 6.45) is 2.97. The highest BCUT2D eigenvalue weighted by Gasteiger charge is 2.32. The summed E-state index contributed by atoms with van der Waals surface area (Å²) in [4.78, 5) is 15.4. The van der Waals surface area contributed by atoms with Gasteiger partial charge < -0.3 is 10.6 Å². The van der Waals surface area contributed by atoms with Crippen LogP contribution in [0.25, 0.3) is 0 Å². The van der Waals surface area contributed by atoms with Crippen molar-refractivity contribution < 1.29 is 4.79 Å². The Labute approximate surface area is 117 Å². The maximum atomic E-state index is 12.4. The number of carbonyl (C=O) groups excluding carboxylic acids is 1. The Morgan fingerprint density at radius 1 is 1.56 bits per heavy atom. The molecule has 1 heterocycles.